The lowest BCUT2D eigenvalue weighted by molar-refractivity contribution is 0.0497. The van der Waals surface area contributed by atoms with Crippen LogP contribution in [-0.2, 0) is 0 Å². The van der Waals surface area contributed by atoms with Crippen LogP contribution in [0.3, 0.4) is 0 Å². The molecule has 0 spiro atoms. The molecule has 2 saturated heterocycles. The Morgan fingerprint density at radius 2 is 1.89 bits per heavy atom. The van der Waals surface area contributed by atoms with Gasteiger partial charge in [-0.25, -0.2) is 9.07 Å². The minimum atomic E-state index is -0.568. The monoisotopic (exact) mass is 373 g/mol. The molecule has 1 aromatic heterocycles. The van der Waals surface area contributed by atoms with Gasteiger partial charge in [0.05, 0.1) is 19.3 Å². The first-order valence-electron chi connectivity index (χ1n) is 8.90. The summed E-state index contributed by atoms with van der Waals surface area (Å²) in [5, 5.41) is 8.02. The molecule has 2 aliphatic heterocycles. The van der Waals surface area contributed by atoms with Crippen molar-refractivity contribution in [2.24, 2.45) is 0 Å². The van der Waals surface area contributed by atoms with Crippen molar-refractivity contribution in [3.63, 3.8) is 0 Å². The number of amides is 2. The fraction of sp³-hybridized carbons (Fsp3) is 0.444. The summed E-state index contributed by atoms with van der Waals surface area (Å²) in [6, 6.07) is 4.12. The molecule has 2 amide bonds. The number of likely N-dealkylation sites (tertiary alicyclic amines) is 2. The number of aromatic nitrogens is 3. The van der Waals surface area contributed by atoms with Crippen LogP contribution in [0.2, 0.25) is 0 Å². The number of hydrogen-bond donors (Lipinski definition) is 0. The molecule has 0 atom stereocenters. The Morgan fingerprint density at radius 1 is 1.15 bits per heavy atom. The van der Waals surface area contributed by atoms with E-state index < -0.39 is 5.82 Å². The van der Waals surface area contributed by atoms with E-state index in [1.54, 1.807) is 26.7 Å². The first kappa shape index (κ1) is 17.4. The van der Waals surface area contributed by atoms with Crippen LogP contribution in [0.1, 0.15) is 39.7 Å². The molecule has 0 N–H and O–H groups in total. The molecule has 0 unspecified atom stereocenters. The molecule has 1 aromatic carbocycles. The van der Waals surface area contributed by atoms with Crippen molar-refractivity contribution in [2.75, 3.05) is 33.3 Å². The highest BCUT2D eigenvalue weighted by atomic mass is 19.1. The molecule has 9 heteroatoms. The number of carbonyl (C=O) groups is 2. The zero-order valence-corrected chi connectivity index (χ0v) is 15.0. The molecule has 0 radical (unpaired) electrons. The van der Waals surface area contributed by atoms with Crippen molar-refractivity contribution >= 4 is 11.8 Å². The van der Waals surface area contributed by atoms with Crippen LogP contribution in [0.15, 0.2) is 24.4 Å². The maximum absolute atomic E-state index is 13.8. The van der Waals surface area contributed by atoms with Gasteiger partial charge in [0, 0.05) is 31.7 Å². The van der Waals surface area contributed by atoms with Crippen LogP contribution < -0.4 is 4.74 Å². The van der Waals surface area contributed by atoms with E-state index in [0.29, 0.717) is 18.8 Å². The summed E-state index contributed by atoms with van der Waals surface area (Å²) >= 11 is 0. The summed E-state index contributed by atoms with van der Waals surface area (Å²) < 4.78 is 20.3. The quantitative estimate of drug-likeness (QED) is 0.808. The van der Waals surface area contributed by atoms with E-state index in [1.165, 1.54) is 19.2 Å². The summed E-state index contributed by atoms with van der Waals surface area (Å²) in [5.41, 5.74) is 0.606. The summed E-state index contributed by atoms with van der Waals surface area (Å²) in [7, 11) is 1.38. The van der Waals surface area contributed by atoms with Crippen molar-refractivity contribution in [3.05, 3.63) is 41.5 Å². The van der Waals surface area contributed by atoms with Gasteiger partial charge in [0.15, 0.2) is 17.3 Å². The van der Waals surface area contributed by atoms with Crippen LogP contribution >= 0.6 is 0 Å². The third-order valence-corrected chi connectivity index (χ3v) is 5.05. The van der Waals surface area contributed by atoms with Gasteiger partial charge < -0.3 is 14.5 Å². The van der Waals surface area contributed by atoms with Crippen molar-refractivity contribution < 1.29 is 18.7 Å². The van der Waals surface area contributed by atoms with Crippen LogP contribution in [0, 0.1) is 5.82 Å². The lowest BCUT2D eigenvalue weighted by Crippen LogP contribution is -2.50. The smallest absolute Gasteiger partial charge is 0.276 e. The lowest BCUT2D eigenvalue weighted by Gasteiger charge is -2.38. The third-order valence-electron chi connectivity index (χ3n) is 5.05. The minimum absolute atomic E-state index is 0.0373. The highest BCUT2D eigenvalue weighted by Gasteiger charge is 2.34. The van der Waals surface area contributed by atoms with E-state index >= 15 is 0 Å². The van der Waals surface area contributed by atoms with Crippen LogP contribution in [-0.4, -0.2) is 69.9 Å². The predicted molar refractivity (Wildman–Crippen MR) is 93.1 cm³/mol. The summed E-state index contributed by atoms with van der Waals surface area (Å²) in [6.07, 6.45) is 3.68. The largest absolute Gasteiger partial charge is 0.494 e. The standard InChI is InChI=1S/C18H20FN5O3/c1-27-16-5-4-12(8-14(16)19)17(25)23-9-13(10-23)24-11-15(20-21-24)18(26)22-6-2-3-7-22/h4-5,8,11,13H,2-3,6-7,9-10H2,1H3. The third kappa shape index (κ3) is 3.24. The predicted octanol–water partition coefficient (Wildman–Crippen LogP) is 1.36. The number of benzene rings is 1. The van der Waals surface area contributed by atoms with E-state index in [4.69, 9.17) is 4.74 Å². The normalized spacial score (nSPS) is 17.1. The summed E-state index contributed by atoms with van der Waals surface area (Å²) in [5.74, 6) is -0.811. The SMILES string of the molecule is COc1ccc(C(=O)N2CC(n3cc(C(=O)N4CCCC4)nn3)C2)cc1F. The molecule has 142 valence electrons. The van der Waals surface area contributed by atoms with Gasteiger partial charge >= 0.3 is 0 Å². The average molecular weight is 373 g/mol. The molecule has 0 saturated carbocycles. The van der Waals surface area contributed by atoms with E-state index in [9.17, 15) is 14.0 Å². The molecule has 0 bridgehead atoms. The molecular formula is C18H20FN5O3. The van der Waals surface area contributed by atoms with Gasteiger partial charge in [-0.3, -0.25) is 9.59 Å². The van der Waals surface area contributed by atoms with Gasteiger partial charge in [-0.1, -0.05) is 5.21 Å². The van der Waals surface area contributed by atoms with E-state index in [1.807, 2.05) is 0 Å². The van der Waals surface area contributed by atoms with Crippen molar-refractivity contribution in [1.82, 2.24) is 24.8 Å². The first-order valence-corrected chi connectivity index (χ1v) is 8.90. The highest BCUT2D eigenvalue weighted by molar-refractivity contribution is 5.95. The van der Waals surface area contributed by atoms with Gasteiger partial charge in [-0.05, 0) is 31.0 Å². The Labute approximate surface area is 155 Å². The molecule has 2 fully saturated rings. The molecule has 2 aliphatic rings. The molecule has 2 aromatic rings. The number of hydrogen-bond acceptors (Lipinski definition) is 5. The maximum atomic E-state index is 13.8. The number of nitrogens with zero attached hydrogens (tertiary/aromatic N) is 5. The first-order chi connectivity index (χ1) is 13.1. The lowest BCUT2D eigenvalue weighted by atomic mass is 10.1. The Bertz CT molecular complexity index is 872. The van der Waals surface area contributed by atoms with Crippen LogP contribution in [0.5, 0.6) is 5.75 Å². The second kappa shape index (κ2) is 6.98. The van der Waals surface area contributed by atoms with Crippen LogP contribution in [0.4, 0.5) is 4.39 Å². The Balaban J connectivity index is 1.37. The van der Waals surface area contributed by atoms with Crippen LogP contribution in [0.25, 0.3) is 0 Å². The van der Waals surface area contributed by atoms with Crippen molar-refractivity contribution in [2.45, 2.75) is 18.9 Å². The van der Waals surface area contributed by atoms with Gasteiger partial charge in [0.2, 0.25) is 0 Å². The number of methoxy groups -OCH3 is 1. The van der Waals surface area contributed by atoms with Gasteiger partial charge in [0.1, 0.15) is 0 Å². The topological polar surface area (TPSA) is 80.6 Å². The Hall–Kier alpha value is -2.97. The summed E-state index contributed by atoms with van der Waals surface area (Å²) in [4.78, 5) is 28.2. The maximum Gasteiger partial charge on any atom is 0.276 e. The van der Waals surface area contributed by atoms with Crippen molar-refractivity contribution in [1.29, 1.82) is 0 Å². The second-order valence-corrected chi connectivity index (χ2v) is 6.80. The fourth-order valence-corrected chi connectivity index (χ4v) is 3.41. The van der Waals surface area contributed by atoms with Gasteiger partial charge in [-0.15, -0.1) is 5.10 Å². The fourth-order valence-electron chi connectivity index (χ4n) is 3.41. The molecular weight excluding hydrogens is 353 g/mol. The molecule has 4 rings (SSSR count). The number of halogens is 1. The Kier molecular flexibility index (Phi) is 4.51. The highest BCUT2D eigenvalue weighted by Crippen LogP contribution is 2.25. The number of ether oxygens (including phenoxy) is 1. The summed E-state index contributed by atoms with van der Waals surface area (Å²) in [6.45, 7) is 2.39. The zero-order chi connectivity index (χ0) is 19.0. The van der Waals surface area contributed by atoms with Gasteiger partial charge in [-0.2, -0.15) is 0 Å². The van der Waals surface area contributed by atoms with E-state index in [2.05, 4.69) is 10.3 Å². The van der Waals surface area contributed by atoms with E-state index in [0.717, 1.165) is 25.9 Å². The second-order valence-electron chi connectivity index (χ2n) is 6.80. The van der Waals surface area contributed by atoms with E-state index in [-0.39, 0.29) is 29.2 Å². The van der Waals surface area contributed by atoms with Crippen molar-refractivity contribution in [3.8, 4) is 5.75 Å². The molecule has 8 nitrogen and oxygen atoms in total. The minimum Gasteiger partial charge on any atom is -0.494 e. The number of carbonyl (C=O) groups excluding carboxylic acids is 2. The molecule has 0 aliphatic carbocycles. The average Bonchev–Trinajstić information content (AvgIpc) is 3.32. The Morgan fingerprint density at radius 3 is 2.56 bits per heavy atom. The molecule has 27 heavy (non-hydrogen) atoms. The zero-order valence-electron chi connectivity index (χ0n) is 15.0. The molecule has 3 heterocycles. The number of rotatable bonds is 4. The van der Waals surface area contributed by atoms with Gasteiger partial charge in [0.25, 0.3) is 11.8 Å².